The molecule has 0 saturated carbocycles. The first-order valence-corrected chi connectivity index (χ1v) is 4.34. The fourth-order valence-corrected chi connectivity index (χ4v) is 1.49. The van der Waals surface area contributed by atoms with Crippen LogP contribution in [0.2, 0.25) is 0 Å². The predicted octanol–water partition coefficient (Wildman–Crippen LogP) is 0.261. The number of aromatic nitrogens is 3. The van der Waals surface area contributed by atoms with Gasteiger partial charge in [0.1, 0.15) is 11.6 Å². The van der Waals surface area contributed by atoms with Crippen LogP contribution < -0.4 is 10.5 Å². The number of amidine groups is 1. The quantitative estimate of drug-likeness (QED) is 0.543. The fourth-order valence-electron chi connectivity index (χ4n) is 1.49. The molecule has 0 aliphatic rings. The third-order valence-corrected chi connectivity index (χ3v) is 2.21. The predicted molar refractivity (Wildman–Crippen MR) is 56.1 cm³/mol. The van der Waals surface area contributed by atoms with E-state index in [9.17, 15) is 0 Å². The van der Waals surface area contributed by atoms with Crippen molar-refractivity contribution in [2.75, 3.05) is 7.11 Å². The van der Waals surface area contributed by atoms with Crippen LogP contribution in [0, 0.1) is 5.41 Å². The highest BCUT2D eigenvalue weighted by molar-refractivity contribution is 6.02. The molecule has 0 radical (unpaired) electrons. The van der Waals surface area contributed by atoms with E-state index in [-0.39, 0.29) is 5.84 Å². The molecule has 15 heavy (non-hydrogen) atoms. The summed E-state index contributed by atoms with van der Waals surface area (Å²) in [6, 6.07) is 0. The van der Waals surface area contributed by atoms with Crippen LogP contribution in [-0.4, -0.2) is 27.7 Å². The van der Waals surface area contributed by atoms with Crippen molar-refractivity contribution in [3.63, 3.8) is 0 Å². The van der Waals surface area contributed by atoms with Crippen LogP contribution in [0.5, 0.6) is 5.75 Å². The fraction of sp³-hybridized carbons (Fsp3) is 0.222. The van der Waals surface area contributed by atoms with E-state index >= 15 is 0 Å². The van der Waals surface area contributed by atoms with E-state index in [1.807, 2.05) is 0 Å². The zero-order chi connectivity index (χ0) is 11.0. The maximum atomic E-state index is 7.39. The van der Waals surface area contributed by atoms with Gasteiger partial charge in [0.2, 0.25) is 0 Å². The standard InChI is InChI=1S/C9H11N5O/c1-14-9-6(4-13-14)7(15-2)5(3-12-9)8(10)11/h3-4H,1-2H3,(H3,10,11). The number of ether oxygens (including phenoxy) is 1. The molecular weight excluding hydrogens is 194 g/mol. The molecule has 0 unspecified atom stereocenters. The van der Waals surface area contributed by atoms with Crippen molar-refractivity contribution in [2.45, 2.75) is 0 Å². The van der Waals surface area contributed by atoms with Crippen molar-refractivity contribution >= 4 is 16.9 Å². The normalized spacial score (nSPS) is 10.5. The molecular formula is C9H11N5O. The molecule has 6 nitrogen and oxygen atoms in total. The van der Waals surface area contributed by atoms with Gasteiger partial charge < -0.3 is 10.5 Å². The number of rotatable bonds is 2. The van der Waals surface area contributed by atoms with E-state index in [2.05, 4.69) is 10.1 Å². The maximum Gasteiger partial charge on any atom is 0.161 e. The molecule has 0 aliphatic carbocycles. The summed E-state index contributed by atoms with van der Waals surface area (Å²) in [6.45, 7) is 0. The highest BCUT2D eigenvalue weighted by Gasteiger charge is 2.13. The number of nitrogens with one attached hydrogen (secondary N) is 1. The summed E-state index contributed by atoms with van der Waals surface area (Å²) in [5.74, 6) is 0.478. The highest BCUT2D eigenvalue weighted by atomic mass is 16.5. The minimum absolute atomic E-state index is 0.0647. The van der Waals surface area contributed by atoms with Crippen LogP contribution in [-0.2, 0) is 7.05 Å². The van der Waals surface area contributed by atoms with Gasteiger partial charge in [-0.15, -0.1) is 0 Å². The molecule has 0 saturated heterocycles. The first-order valence-electron chi connectivity index (χ1n) is 4.34. The Balaban J connectivity index is 2.82. The molecule has 0 aliphatic heterocycles. The second-order valence-electron chi connectivity index (χ2n) is 3.12. The molecule has 2 rings (SSSR count). The van der Waals surface area contributed by atoms with Crippen molar-refractivity contribution in [2.24, 2.45) is 12.8 Å². The smallest absolute Gasteiger partial charge is 0.161 e. The summed E-state index contributed by atoms with van der Waals surface area (Å²) in [7, 11) is 3.33. The molecule has 0 spiro atoms. The van der Waals surface area contributed by atoms with Gasteiger partial charge in [-0.3, -0.25) is 10.1 Å². The van der Waals surface area contributed by atoms with Crippen LogP contribution in [0.15, 0.2) is 12.4 Å². The van der Waals surface area contributed by atoms with Crippen molar-refractivity contribution in [1.82, 2.24) is 14.8 Å². The summed E-state index contributed by atoms with van der Waals surface area (Å²) >= 11 is 0. The Bertz CT molecular complexity index is 531. The van der Waals surface area contributed by atoms with Crippen LogP contribution in [0.25, 0.3) is 11.0 Å². The van der Waals surface area contributed by atoms with Gasteiger partial charge in [-0.25, -0.2) is 4.98 Å². The molecule has 0 amide bonds. The van der Waals surface area contributed by atoms with E-state index in [0.29, 0.717) is 17.0 Å². The number of nitrogens with zero attached hydrogens (tertiary/aromatic N) is 3. The minimum atomic E-state index is -0.0647. The molecule has 2 aromatic heterocycles. The number of hydrogen-bond donors (Lipinski definition) is 2. The van der Waals surface area contributed by atoms with Crippen LogP contribution in [0.3, 0.4) is 0 Å². The zero-order valence-corrected chi connectivity index (χ0v) is 8.48. The Hall–Kier alpha value is -2.11. The highest BCUT2D eigenvalue weighted by Crippen LogP contribution is 2.26. The summed E-state index contributed by atoms with van der Waals surface area (Å²) in [4.78, 5) is 4.17. The number of fused-ring (bicyclic) bond motifs is 1. The first-order chi connectivity index (χ1) is 7.15. The van der Waals surface area contributed by atoms with Gasteiger partial charge in [0.05, 0.1) is 24.3 Å². The van der Waals surface area contributed by atoms with E-state index in [1.54, 1.807) is 17.9 Å². The van der Waals surface area contributed by atoms with Crippen LogP contribution >= 0.6 is 0 Å². The molecule has 0 fully saturated rings. The lowest BCUT2D eigenvalue weighted by Crippen LogP contribution is -2.13. The Morgan fingerprint density at radius 1 is 1.53 bits per heavy atom. The Morgan fingerprint density at radius 3 is 2.87 bits per heavy atom. The van der Waals surface area contributed by atoms with Gasteiger partial charge in [0.15, 0.2) is 5.65 Å². The minimum Gasteiger partial charge on any atom is -0.495 e. The number of nitrogen functional groups attached to an aromatic ring is 1. The SMILES string of the molecule is COc1c(C(=N)N)cnc2c1cnn2C. The lowest BCUT2D eigenvalue weighted by atomic mass is 10.2. The summed E-state index contributed by atoms with van der Waals surface area (Å²) in [5.41, 5.74) is 6.61. The van der Waals surface area contributed by atoms with Gasteiger partial charge in [0.25, 0.3) is 0 Å². The van der Waals surface area contributed by atoms with Gasteiger partial charge in [-0.05, 0) is 0 Å². The molecule has 6 heteroatoms. The molecule has 0 bridgehead atoms. The first kappa shape index (κ1) is 9.45. The second kappa shape index (κ2) is 3.23. The molecule has 0 atom stereocenters. The number of aryl methyl sites for hydroxylation is 1. The van der Waals surface area contributed by atoms with Crippen molar-refractivity contribution < 1.29 is 4.74 Å². The lowest BCUT2D eigenvalue weighted by Gasteiger charge is -2.07. The molecule has 3 N–H and O–H groups in total. The van der Waals surface area contributed by atoms with Crippen LogP contribution in [0.1, 0.15) is 5.56 Å². The van der Waals surface area contributed by atoms with Crippen LogP contribution in [0.4, 0.5) is 0 Å². The average Bonchev–Trinajstić information content (AvgIpc) is 2.59. The van der Waals surface area contributed by atoms with E-state index in [4.69, 9.17) is 15.9 Å². The van der Waals surface area contributed by atoms with E-state index < -0.39 is 0 Å². The molecule has 78 valence electrons. The number of hydrogen-bond acceptors (Lipinski definition) is 4. The topological polar surface area (TPSA) is 89.8 Å². The summed E-state index contributed by atoms with van der Waals surface area (Å²) in [5, 5.41) is 12.2. The van der Waals surface area contributed by atoms with Gasteiger partial charge in [-0.1, -0.05) is 0 Å². The largest absolute Gasteiger partial charge is 0.495 e. The Kier molecular flexibility index (Phi) is 2.03. The third-order valence-electron chi connectivity index (χ3n) is 2.21. The number of methoxy groups -OCH3 is 1. The van der Waals surface area contributed by atoms with Crippen molar-refractivity contribution in [3.8, 4) is 5.75 Å². The summed E-state index contributed by atoms with van der Waals surface area (Å²) < 4.78 is 6.86. The Labute approximate surface area is 86.2 Å². The van der Waals surface area contributed by atoms with E-state index in [0.717, 1.165) is 5.39 Å². The summed E-state index contributed by atoms with van der Waals surface area (Å²) in [6.07, 6.45) is 3.17. The second-order valence-corrected chi connectivity index (χ2v) is 3.12. The number of pyridine rings is 1. The molecule has 0 aromatic carbocycles. The van der Waals surface area contributed by atoms with E-state index in [1.165, 1.54) is 13.3 Å². The molecule has 2 aromatic rings. The lowest BCUT2D eigenvalue weighted by molar-refractivity contribution is 0.418. The van der Waals surface area contributed by atoms with Crippen molar-refractivity contribution in [1.29, 1.82) is 5.41 Å². The Morgan fingerprint density at radius 2 is 2.27 bits per heavy atom. The monoisotopic (exact) mass is 205 g/mol. The average molecular weight is 205 g/mol. The molecule has 2 heterocycles. The van der Waals surface area contributed by atoms with Gasteiger partial charge in [-0.2, -0.15) is 5.10 Å². The zero-order valence-electron chi connectivity index (χ0n) is 8.48. The third kappa shape index (κ3) is 1.30. The van der Waals surface area contributed by atoms with Gasteiger partial charge >= 0.3 is 0 Å². The number of nitrogens with two attached hydrogens (primary N) is 1. The van der Waals surface area contributed by atoms with Gasteiger partial charge in [0, 0.05) is 13.2 Å². The maximum absolute atomic E-state index is 7.39. The van der Waals surface area contributed by atoms with Crippen molar-refractivity contribution in [3.05, 3.63) is 18.0 Å².